The fourth-order valence-corrected chi connectivity index (χ4v) is 2.61. The minimum absolute atomic E-state index is 0.258. The topological polar surface area (TPSA) is 58.6 Å². The van der Waals surface area contributed by atoms with Gasteiger partial charge in [0.15, 0.2) is 0 Å². The van der Waals surface area contributed by atoms with E-state index in [1.54, 1.807) is 79.7 Å². The van der Waals surface area contributed by atoms with E-state index in [0.717, 1.165) is 0 Å². The zero-order valence-corrected chi connectivity index (χ0v) is 15.0. The van der Waals surface area contributed by atoms with Crippen LogP contribution in [0.25, 0.3) is 0 Å². The maximum Gasteiger partial charge on any atom is 0.282 e. The highest BCUT2D eigenvalue weighted by Gasteiger charge is 2.22. The first-order valence-corrected chi connectivity index (χ1v) is 8.68. The molecule has 5 heteroatoms. The zero-order chi connectivity index (χ0) is 19.1. The molecule has 1 N–H and O–H groups in total. The van der Waals surface area contributed by atoms with Crippen LogP contribution in [0.15, 0.2) is 84.9 Å². The van der Waals surface area contributed by atoms with Crippen molar-refractivity contribution in [3.8, 4) is 0 Å². The van der Waals surface area contributed by atoms with Gasteiger partial charge in [-0.1, -0.05) is 48.5 Å². The number of carbonyl (C=O) groups is 2. The Morgan fingerprint density at radius 3 is 2.00 bits per heavy atom. The van der Waals surface area contributed by atoms with Crippen LogP contribution in [0, 0.1) is 0 Å². The Kier molecular flexibility index (Phi) is 5.97. The van der Waals surface area contributed by atoms with Crippen molar-refractivity contribution in [3.63, 3.8) is 0 Å². The van der Waals surface area contributed by atoms with Crippen LogP contribution in [-0.4, -0.2) is 18.4 Å². The van der Waals surface area contributed by atoms with Gasteiger partial charge in [-0.05, 0) is 43.3 Å². The van der Waals surface area contributed by atoms with Gasteiger partial charge < -0.3 is 5.32 Å². The summed E-state index contributed by atoms with van der Waals surface area (Å²) in [5.41, 5.74) is 1.99. The SMILES string of the molecule is CCON(C(=O)c1ccccc1)c1ccccc1NC(=O)c1ccccc1. The van der Waals surface area contributed by atoms with Crippen molar-refractivity contribution >= 4 is 23.2 Å². The number of nitrogens with zero attached hydrogens (tertiary/aromatic N) is 1. The number of hydrogen-bond donors (Lipinski definition) is 1. The van der Waals surface area contributed by atoms with Gasteiger partial charge in [-0.15, -0.1) is 0 Å². The molecule has 0 unspecified atom stereocenters. The van der Waals surface area contributed by atoms with Crippen molar-refractivity contribution < 1.29 is 14.4 Å². The normalized spacial score (nSPS) is 10.3. The number of anilines is 2. The molecule has 0 saturated carbocycles. The molecule has 3 rings (SSSR count). The molecule has 0 aliphatic heterocycles. The summed E-state index contributed by atoms with van der Waals surface area (Å²) in [6.07, 6.45) is 0. The largest absolute Gasteiger partial charge is 0.320 e. The molecule has 0 aliphatic rings. The lowest BCUT2D eigenvalue weighted by atomic mass is 10.1. The van der Waals surface area contributed by atoms with Gasteiger partial charge in [-0.3, -0.25) is 14.4 Å². The molecule has 0 spiro atoms. The van der Waals surface area contributed by atoms with Crippen LogP contribution in [0.5, 0.6) is 0 Å². The lowest BCUT2D eigenvalue weighted by Gasteiger charge is -2.24. The number of amides is 2. The van der Waals surface area contributed by atoms with E-state index in [2.05, 4.69) is 5.32 Å². The van der Waals surface area contributed by atoms with Gasteiger partial charge in [0.1, 0.15) is 0 Å². The smallest absolute Gasteiger partial charge is 0.282 e. The molecule has 0 radical (unpaired) electrons. The monoisotopic (exact) mass is 360 g/mol. The van der Waals surface area contributed by atoms with Crippen molar-refractivity contribution in [2.45, 2.75) is 6.92 Å². The van der Waals surface area contributed by atoms with Gasteiger partial charge >= 0.3 is 0 Å². The van der Waals surface area contributed by atoms with Crippen molar-refractivity contribution in [1.82, 2.24) is 0 Å². The maximum absolute atomic E-state index is 12.9. The number of nitrogens with one attached hydrogen (secondary N) is 1. The van der Waals surface area contributed by atoms with Gasteiger partial charge in [0.2, 0.25) is 0 Å². The van der Waals surface area contributed by atoms with Crippen LogP contribution in [0.4, 0.5) is 11.4 Å². The van der Waals surface area contributed by atoms with Crippen molar-refractivity contribution in [1.29, 1.82) is 0 Å². The molecule has 2 amide bonds. The Balaban J connectivity index is 1.92. The average Bonchev–Trinajstić information content (AvgIpc) is 2.73. The Labute approximate surface area is 158 Å². The summed E-state index contributed by atoms with van der Waals surface area (Å²) in [4.78, 5) is 31.1. The predicted molar refractivity (Wildman–Crippen MR) is 106 cm³/mol. The van der Waals surface area contributed by atoms with Crippen LogP contribution < -0.4 is 10.4 Å². The van der Waals surface area contributed by atoms with E-state index in [1.165, 1.54) is 5.06 Å². The number of hydroxylamine groups is 1. The number of benzene rings is 3. The highest BCUT2D eigenvalue weighted by molar-refractivity contribution is 6.10. The molecule has 27 heavy (non-hydrogen) atoms. The molecule has 5 nitrogen and oxygen atoms in total. The number of para-hydroxylation sites is 2. The molecule has 136 valence electrons. The third-order valence-corrected chi connectivity index (χ3v) is 3.87. The minimum Gasteiger partial charge on any atom is -0.320 e. The van der Waals surface area contributed by atoms with Gasteiger partial charge in [0.25, 0.3) is 11.8 Å². The van der Waals surface area contributed by atoms with E-state index in [1.807, 2.05) is 12.1 Å². The fourth-order valence-electron chi connectivity index (χ4n) is 2.61. The van der Waals surface area contributed by atoms with Crippen LogP contribution in [0.2, 0.25) is 0 Å². The Bertz CT molecular complexity index is 911. The summed E-state index contributed by atoms with van der Waals surface area (Å²) in [5, 5.41) is 4.08. The molecule has 0 saturated heterocycles. The van der Waals surface area contributed by atoms with Crippen LogP contribution in [0.3, 0.4) is 0 Å². The first-order chi connectivity index (χ1) is 13.2. The first-order valence-electron chi connectivity index (χ1n) is 8.68. The molecule has 0 bridgehead atoms. The summed E-state index contributed by atoms with van der Waals surface area (Å²) in [5.74, 6) is -0.564. The molecule has 3 aromatic carbocycles. The molecular formula is C22H20N2O3. The first kappa shape index (κ1) is 18.4. The van der Waals surface area contributed by atoms with E-state index in [4.69, 9.17) is 4.84 Å². The summed E-state index contributed by atoms with van der Waals surface area (Å²) in [6, 6.07) is 24.8. The second kappa shape index (κ2) is 8.78. The van der Waals surface area contributed by atoms with Gasteiger partial charge in [0.05, 0.1) is 18.0 Å². The van der Waals surface area contributed by atoms with E-state index in [9.17, 15) is 9.59 Å². The number of carbonyl (C=O) groups excluding carboxylic acids is 2. The third kappa shape index (κ3) is 4.40. The lowest BCUT2D eigenvalue weighted by Crippen LogP contribution is -2.32. The molecule has 0 atom stereocenters. The predicted octanol–water partition coefficient (Wildman–Crippen LogP) is 4.54. The fraction of sp³-hybridized carbons (Fsp3) is 0.0909. The van der Waals surface area contributed by atoms with Crippen LogP contribution >= 0.6 is 0 Å². The van der Waals surface area contributed by atoms with E-state index in [-0.39, 0.29) is 11.8 Å². The Morgan fingerprint density at radius 1 is 0.815 bits per heavy atom. The summed E-state index contributed by atoms with van der Waals surface area (Å²) < 4.78 is 0. The number of rotatable bonds is 6. The van der Waals surface area contributed by atoms with Gasteiger partial charge in [0, 0.05) is 11.1 Å². The Morgan fingerprint density at radius 2 is 1.37 bits per heavy atom. The Hall–Kier alpha value is -3.44. The summed E-state index contributed by atoms with van der Waals surface area (Å²) in [6.45, 7) is 2.11. The zero-order valence-electron chi connectivity index (χ0n) is 15.0. The highest BCUT2D eigenvalue weighted by atomic mass is 16.7. The summed E-state index contributed by atoms with van der Waals surface area (Å²) in [7, 11) is 0. The standard InChI is InChI=1S/C22H20N2O3/c1-2-27-24(22(26)18-13-7-4-8-14-18)20-16-10-9-15-19(20)23-21(25)17-11-5-3-6-12-17/h3-16H,2H2,1H3,(H,23,25). The molecule has 0 heterocycles. The number of hydrogen-bond acceptors (Lipinski definition) is 3. The minimum atomic E-state index is -0.307. The van der Waals surface area contributed by atoms with Gasteiger partial charge in [-0.2, -0.15) is 5.06 Å². The van der Waals surface area contributed by atoms with Crippen molar-refractivity contribution in [2.24, 2.45) is 0 Å². The lowest BCUT2D eigenvalue weighted by molar-refractivity contribution is 0.0680. The quantitative estimate of drug-likeness (QED) is 0.657. The van der Waals surface area contributed by atoms with Crippen LogP contribution in [0.1, 0.15) is 27.6 Å². The average molecular weight is 360 g/mol. The van der Waals surface area contributed by atoms with E-state index in [0.29, 0.717) is 29.1 Å². The summed E-state index contributed by atoms with van der Waals surface area (Å²) >= 11 is 0. The van der Waals surface area contributed by atoms with Gasteiger partial charge in [-0.25, -0.2) is 0 Å². The second-order valence-corrected chi connectivity index (χ2v) is 5.72. The van der Waals surface area contributed by atoms with E-state index < -0.39 is 0 Å². The molecule has 0 aromatic heterocycles. The highest BCUT2D eigenvalue weighted by Crippen LogP contribution is 2.28. The van der Waals surface area contributed by atoms with Crippen molar-refractivity contribution in [2.75, 3.05) is 17.0 Å². The second-order valence-electron chi connectivity index (χ2n) is 5.72. The van der Waals surface area contributed by atoms with Crippen LogP contribution in [-0.2, 0) is 4.84 Å². The molecule has 3 aromatic rings. The maximum atomic E-state index is 12.9. The van der Waals surface area contributed by atoms with Crippen molar-refractivity contribution in [3.05, 3.63) is 96.1 Å². The molecule has 0 fully saturated rings. The van der Waals surface area contributed by atoms with E-state index >= 15 is 0 Å². The third-order valence-electron chi connectivity index (χ3n) is 3.87. The molecule has 0 aliphatic carbocycles. The molecular weight excluding hydrogens is 340 g/mol.